The van der Waals surface area contributed by atoms with Crippen molar-refractivity contribution < 1.29 is 4.42 Å². The third kappa shape index (κ3) is 5.91. The maximum absolute atomic E-state index is 6.56. The molecule has 11 rings (SSSR count). The minimum atomic E-state index is 0.593. The second-order valence-electron chi connectivity index (χ2n) is 14.0. The molecule has 0 N–H and O–H groups in total. The number of aromatic nitrogens is 3. The van der Waals surface area contributed by atoms with E-state index in [4.69, 9.17) is 19.4 Å². The summed E-state index contributed by atoms with van der Waals surface area (Å²) in [5.74, 6) is 1.85. The lowest BCUT2D eigenvalue weighted by Gasteiger charge is -2.26. The number of benzene rings is 8. The predicted molar refractivity (Wildman–Crippen MR) is 236 cm³/mol. The van der Waals surface area contributed by atoms with E-state index < -0.39 is 0 Å². The van der Waals surface area contributed by atoms with E-state index in [1.807, 2.05) is 84.1 Å². The van der Waals surface area contributed by atoms with Crippen LogP contribution in [0.2, 0.25) is 0 Å². The molecule has 8 aromatic carbocycles. The first-order chi connectivity index (χ1) is 28.2. The summed E-state index contributed by atoms with van der Waals surface area (Å²) >= 11 is 1.84. The molecule has 0 saturated heterocycles. The van der Waals surface area contributed by atoms with Gasteiger partial charge in [0.1, 0.15) is 11.2 Å². The predicted octanol–water partition coefficient (Wildman–Crippen LogP) is 14.3. The molecule has 0 spiro atoms. The van der Waals surface area contributed by atoms with E-state index in [1.165, 1.54) is 20.2 Å². The van der Waals surface area contributed by atoms with Crippen molar-refractivity contribution in [2.24, 2.45) is 0 Å². The molecule has 0 aliphatic rings. The van der Waals surface area contributed by atoms with Gasteiger partial charge in [0.2, 0.25) is 0 Å². The van der Waals surface area contributed by atoms with Crippen LogP contribution in [0.4, 0.5) is 17.1 Å². The molecule has 5 nitrogen and oxygen atoms in total. The lowest BCUT2D eigenvalue weighted by Crippen LogP contribution is -2.09. The maximum atomic E-state index is 6.56. The molecule has 0 aliphatic carbocycles. The fraction of sp³-hybridized carbons (Fsp3) is 0. The number of hydrogen-bond acceptors (Lipinski definition) is 6. The summed E-state index contributed by atoms with van der Waals surface area (Å²) in [5.41, 5.74) is 9.87. The zero-order valence-corrected chi connectivity index (χ0v) is 31.4. The second kappa shape index (κ2) is 13.7. The highest BCUT2D eigenvalue weighted by Gasteiger charge is 2.18. The Morgan fingerprint density at radius 1 is 0.368 bits per heavy atom. The van der Waals surface area contributed by atoms with Gasteiger partial charge >= 0.3 is 0 Å². The van der Waals surface area contributed by atoms with Gasteiger partial charge in [-0.15, -0.1) is 11.3 Å². The first-order valence-electron chi connectivity index (χ1n) is 18.9. The van der Waals surface area contributed by atoms with Crippen LogP contribution in [0.3, 0.4) is 0 Å². The van der Waals surface area contributed by atoms with E-state index in [2.05, 4.69) is 126 Å². The van der Waals surface area contributed by atoms with Crippen molar-refractivity contribution in [2.45, 2.75) is 0 Å². The Balaban J connectivity index is 0.986. The summed E-state index contributed by atoms with van der Waals surface area (Å²) in [6, 6.07) is 67.5. The average Bonchev–Trinajstić information content (AvgIpc) is 3.85. The molecule has 0 bridgehead atoms. The van der Waals surface area contributed by atoms with Gasteiger partial charge in [-0.05, 0) is 77.9 Å². The molecule has 268 valence electrons. The summed E-state index contributed by atoms with van der Waals surface area (Å²) < 4.78 is 9.16. The van der Waals surface area contributed by atoms with Gasteiger partial charge in [0.05, 0.1) is 0 Å². The molecule has 57 heavy (non-hydrogen) atoms. The Morgan fingerprint density at radius 3 is 1.67 bits per heavy atom. The fourth-order valence-electron chi connectivity index (χ4n) is 7.81. The molecule has 0 aliphatic heterocycles. The van der Waals surface area contributed by atoms with E-state index in [1.54, 1.807) is 0 Å². The van der Waals surface area contributed by atoms with Crippen molar-refractivity contribution in [3.05, 3.63) is 194 Å². The second-order valence-corrected chi connectivity index (χ2v) is 15.1. The van der Waals surface area contributed by atoms with E-state index in [0.717, 1.165) is 66.8 Å². The number of nitrogens with zero attached hydrogens (tertiary/aromatic N) is 4. The number of rotatable bonds is 7. The number of fused-ring (bicyclic) bond motifs is 6. The van der Waals surface area contributed by atoms with Crippen LogP contribution in [0.1, 0.15) is 0 Å². The number of anilines is 3. The summed E-state index contributed by atoms with van der Waals surface area (Å²) in [7, 11) is 0. The molecule has 3 aromatic heterocycles. The number of hydrogen-bond donors (Lipinski definition) is 0. The van der Waals surface area contributed by atoms with E-state index in [9.17, 15) is 0 Å². The summed E-state index contributed by atoms with van der Waals surface area (Å²) in [4.78, 5) is 17.1. The van der Waals surface area contributed by atoms with E-state index in [-0.39, 0.29) is 0 Å². The molecule has 3 heterocycles. The van der Waals surface area contributed by atoms with Crippen molar-refractivity contribution in [3.63, 3.8) is 0 Å². The average molecular weight is 749 g/mol. The normalized spacial score (nSPS) is 11.5. The van der Waals surface area contributed by atoms with Crippen LogP contribution in [-0.2, 0) is 0 Å². The van der Waals surface area contributed by atoms with Gasteiger partial charge in [-0.2, -0.15) is 0 Å². The van der Waals surface area contributed by atoms with Crippen LogP contribution in [0.25, 0.3) is 87.4 Å². The van der Waals surface area contributed by atoms with Crippen LogP contribution in [0, 0.1) is 0 Å². The third-order valence-electron chi connectivity index (χ3n) is 10.5. The first kappa shape index (κ1) is 33.0. The molecule has 0 fully saturated rings. The molecule has 0 atom stereocenters. The molecular weight excluding hydrogens is 717 g/mol. The quantitative estimate of drug-likeness (QED) is 0.162. The summed E-state index contributed by atoms with van der Waals surface area (Å²) in [5, 5.41) is 4.68. The highest BCUT2D eigenvalue weighted by atomic mass is 32.1. The minimum Gasteiger partial charge on any atom is -0.456 e. The molecule has 0 unspecified atom stereocenters. The van der Waals surface area contributed by atoms with Crippen LogP contribution < -0.4 is 4.90 Å². The van der Waals surface area contributed by atoms with Crippen molar-refractivity contribution in [1.29, 1.82) is 0 Å². The lowest BCUT2D eigenvalue weighted by molar-refractivity contribution is 0.669. The molecule has 0 saturated carbocycles. The SMILES string of the molecule is c1ccc(-c2nc(-c3ccccc3)nc(-c3ccc4c(c3)oc3cccc(-c5ccc(N(c6ccccc6)c6ccc7sc8ccccc8c7c6)cc5)c34)n2)cc1. The summed E-state index contributed by atoms with van der Waals surface area (Å²) in [6.07, 6.45) is 0. The molecular formula is C51H32N4OS. The van der Waals surface area contributed by atoms with Crippen molar-refractivity contribution >= 4 is 70.5 Å². The molecule has 6 heteroatoms. The summed E-state index contributed by atoms with van der Waals surface area (Å²) in [6.45, 7) is 0. The maximum Gasteiger partial charge on any atom is 0.164 e. The van der Waals surface area contributed by atoms with Gasteiger partial charge in [0.25, 0.3) is 0 Å². The fourth-order valence-corrected chi connectivity index (χ4v) is 8.90. The topological polar surface area (TPSA) is 55.1 Å². The highest BCUT2D eigenvalue weighted by molar-refractivity contribution is 7.25. The van der Waals surface area contributed by atoms with Crippen LogP contribution in [0.5, 0.6) is 0 Å². The number of furan rings is 1. The largest absolute Gasteiger partial charge is 0.456 e. The van der Waals surface area contributed by atoms with Crippen molar-refractivity contribution in [3.8, 4) is 45.3 Å². The number of thiophene rings is 1. The van der Waals surface area contributed by atoms with Gasteiger partial charge in [0, 0.05) is 64.7 Å². The zero-order chi connectivity index (χ0) is 37.7. The smallest absolute Gasteiger partial charge is 0.164 e. The van der Waals surface area contributed by atoms with Crippen molar-refractivity contribution in [2.75, 3.05) is 4.90 Å². The van der Waals surface area contributed by atoms with Crippen molar-refractivity contribution in [1.82, 2.24) is 15.0 Å². The van der Waals surface area contributed by atoms with Gasteiger partial charge in [-0.3, -0.25) is 0 Å². The van der Waals surface area contributed by atoms with Crippen LogP contribution >= 0.6 is 11.3 Å². The van der Waals surface area contributed by atoms with E-state index >= 15 is 0 Å². The Kier molecular flexibility index (Phi) is 7.93. The zero-order valence-electron chi connectivity index (χ0n) is 30.6. The Morgan fingerprint density at radius 2 is 0.947 bits per heavy atom. The van der Waals surface area contributed by atoms with Gasteiger partial charge in [-0.1, -0.05) is 127 Å². The highest BCUT2D eigenvalue weighted by Crippen LogP contribution is 2.42. The van der Waals surface area contributed by atoms with Gasteiger partial charge in [0.15, 0.2) is 17.5 Å². The number of para-hydroxylation sites is 1. The Hall–Kier alpha value is -7.41. The standard InChI is InChI=1S/C51H32N4OS/c1-4-13-34(14-5-1)49-52-50(35-15-6-2-7-16-35)54-51(53-49)36-25-29-42-45(31-36)56-44-21-12-20-40(48(42)44)33-23-26-38(27-24-33)55(37-17-8-3-9-18-37)39-28-30-47-43(32-39)41-19-10-11-22-46(41)57-47/h1-32H. The lowest BCUT2D eigenvalue weighted by atomic mass is 9.98. The molecule has 0 amide bonds. The Bertz CT molecular complexity index is 3170. The minimum absolute atomic E-state index is 0.593. The Labute approximate surface area is 332 Å². The van der Waals surface area contributed by atoms with Gasteiger partial charge in [-0.25, -0.2) is 15.0 Å². The van der Waals surface area contributed by atoms with Gasteiger partial charge < -0.3 is 9.32 Å². The van der Waals surface area contributed by atoms with Crippen LogP contribution in [-0.4, -0.2) is 15.0 Å². The monoisotopic (exact) mass is 748 g/mol. The van der Waals surface area contributed by atoms with E-state index in [0.29, 0.717) is 17.5 Å². The molecule has 0 radical (unpaired) electrons. The van der Waals surface area contributed by atoms with Crippen LogP contribution in [0.15, 0.2) is 199 Å². The third-order valence-corrected chi connectivity index (χ3v) is 11.7. The molecule has 11 aromatic rings. The first-order valence-corrected chi connectivity index (χ1v) is 19.7.